The van der Waals surface area contributed by atoms with E-state index in [1.54, 1.807) is 24.1 Å². The topological polar surface area (TPSA) is 70.2 Å². The highest BCUT2D eigenvalue weighted by Crippen LogP contribution is 2.22. The summed E-state index contributed by atoms with van der Waals surface area (Å²) in [4.78, 5) is 14.1. The van der Waals surface area contributed by atoms with Crippen molar-refractivity contribution < 1.29 is 17.9 Å². The Hall–Kier alpha value is -1.64. The van der Waals surface area contributed by atoms with Gasteiger partial charge >= 0.3 is 0 Å². The summed E-state index contributed by atoms with van der Waals surface area (Å²) in [6.45, 7) is 3.61. The van der Waals surface area contributed by atoms with Gasteiger partial charge in [-0.1, -0.05) is 13.0 Å². The molecular formula is C18H29N3O4S. The van der Waals surface area contributed by atoms with E-state index in [0.29, 0.717) is 43.8 Å². The van der Waals surface area contributed by atoms with Crippen LogP contribution in [0.4, 0.5) is 0 Å². The lowest BCUT2D eigenvalue weighted by atomic mass is 10.1. The van der Waals surface area contributed by atoms with Gasteiger partial charge in [-0.15, -0.1) is 0 Å². The predicted octanol–water partition coefficient (Wildman–Crippen LogP) is 1.82. The molecule has 1 amide bonds. The maximum absolute atomic E-state index is 12.4. The molecule has 26 heavy (non-hydrogen) atoms. The lowest BCUT2D eigenvalue weighted by Gasteiger charge is -2.32. The van der Waals surface area contributed by atoms with Crippen LogP contribution in [0.3, 0.4) is 0 Å². The molecule has 1 saturated heterocycles. The molecule has 7 nitrogen and oxygen atoms in total. The average Bonchev–Trinajstić information content (AvgIpc) is 2.62. The van der Waals surface area contributed by atoms with Crippen molar-refractivity contribution in [1.29, 1.82) is 0 Å². The van der Waals surface area contributed by atoms with Crippen LogP contribution in [0.5, 0.6) is 5.75 Å². The fourth-order valence-electron chi connectivity index (χ4n) is 2.96. The molecule has 1 aromatic rings. The van der Waals surface area contributed by atoms with Crippen molar-refractivity contribution in [2.24, 2.45) is 0 Å². The first-order valence-corrected chi connectivity index (χ1v) is 10.3. The van der Waals surface area contributed by atoms with E-state index in [1.165, 1.54) is 22.7 Å². The lowest BCUT2D eigenvalue weighted by molar-refractivity contribution is 0.0793. The molecule has 146 valence electrons. The molecule has 1 aromatic carbocycles. The fraction of sp³-hybridized carbons (Fsp3) is 0.611. The minimum atomic E-state index is -3.37. The van der Waals surface area contributed by atoms with Crippen molar-refractivity contribution in [1.82, 2.24) is 13.5 Å². The maximum atomic E-state index is 12.4. The quantitative estimate of drug-likeness (QED) is 0.720. The second-order valence-corrected chi connectivity index (χ2v) is 8.90. The Labute approximate surface area is 156 Å². The maximum Gasteiger partial charge on any atom is 0.281 e. The minimum absolute atomic E-state index is 0.0239. The fourth-order valence-corrected chi connectivity index (χ4v) is 4.10. The molecule has 8 heteroatoms. The van der Waals surface area contributed by atoms with Crippen LogP contribution in [0.2, 0.25) is 0 Å². The molecule has 0 unspecified atom stereocenters. The highest BCUT2D eigenvalue weighted by Gasteiger charge is 2.30. The zero-order valence-corrected chi connectivity index (χ0v) is 16.8. The first-order valence-electron chi connectivity index (χ1n) is 8.95. The van der Waals surface area contributed by atoms with E-state index in [2.05, 4.69) is 0 Å². The van der Waals surface area contributed by atoms with Crippen molar-refractivity contribution in [2.45, 2.75) is 32.3 Å². The van der Waals surface area contributed by atoms with E-state index >= 15 is 0 Å². The summed E-state index contributed by atoms with van der Waals surface area (Å²) < 4.78 is 33.0. The van der Waals surface area contributed by atoms with Gasteiger partial charge in [0.1, 0.15) is 11.9 Å². The van der Waals surface area contributed by atoms with Gasteiger partial charge < -0.3 is 9.64 Å². The number of carbonyl (C=O) groups excluding carboxylic acids is 1. The predicted molar refractivity (Wildman–Crippen MR) is 102 cm³/mol. The number of hydrogen-bond acceptors (Lipinski definition) is 4. The van der Waals surface area contributed by atoms with Crippen molar-refractivity contribution in [2.75, 3.05) is 40.8 Å². The van der Waals surface area contributed by atoms with Crippen LogP contribution in [0.15, 0.2) is 24.3 Å². The summed E-state index contributed by atoms with van der Waals surface area (Å²) >= 11 is 0. The van der Waals surface area contributed by atoms with Crippen molar-refractivity contribution in [3.63, 3.8) is 0 Å². The molecule has 1 aliphatic heterocycles. The zero-order chi connectivity index (χ0) is 19.3. The number of hydrogen-bond donors (Lipinski definition) is 0. The van der Waals surface area contributed by atoms with Crippen molar-refractivity contribution >= 4 is 16.1 Å². The SMILES string of the molecule is CCCN(C)C(=O)c1cccc(OC2CCN(S(=O)(=O)N(C)C)CC2)c1. The molecule has 0 radical (unpaired) electrons. The number of carbonyl (C=O) groups is 1. The molecule has 0 aromatic heterocycles. The highest BCUT2D eigenvalue weighted by atomic mass is 32.2. The van der Waals surface area contributed by atoms with Gasteiger partial charge in [-0.2, -0.15) is 17.0 Å². The molecule has 0 saturated carbocycles. The molecule has 0 N–H and O–H groups in total. The van der Waals surface area contributed by atoms with Crippen molar-refractivity contribution in [3.05, 3.63) is 29.8 Å². The number of benzene rings is 1. The standard InChI is InChI=1S/C18H29N3O4S/c1-5-11-20(4)18(22)15-7-6-8-17(14-15)25-16-9-12-21(13-10-16)26(23,24)19(2)3/h6-8,14,16H,5,9-13H2,1-4H3. The van der Waals surface area contributed by atoms with Gasteiger partial charge in [-0.3, -0.25) is 4.79 Å². The van der Waals surface area contributed by atoms with Crippen LogP contribution in [0, 0.1) is 0 Å². The van der Waals surface area contributed by atoms with Gasteiger partial charge in [-0.25, -0.2) is 0 Å². The van der Waals surface area contributed by atoms with Crippen LogP contribution < -0.4 is 4.74 Å². The number of piperidine rings is 1. The molecular weight excluding hydrogens is 354 g/mol. The number of ether oxygens (including phenoxy) is 1. The van der Waals surface area contributed by atoms with E-state index in [9.17, 15) is 13.2 Å². The monoisotopic (exact) mass is 383 g/mol. The van der Waals surface area contributed by atoms with E-state index in [0.717, 1.165) is 6.42 Å². The van der Waals surface area contributed by atoms with Gasteiger partial charge in [0.15, 0.2) is 0 Å². The van der Waals surface area contributed by atoms with Gasteiger partial charge in [0.25, 0.3) is 16.1 Å². The van der Waals surface area contributed by atoms with E-state index < -0.39 is 10.2 Å². The smallest absolute Gasteiger partial charge is 0.281 e. The third kappa shape index (κ3) is 4.96. The third-order valence-corrected chi connectivity index (χ3v) is 6.42. The second kappa shape index (κ2) is 8.83. The average molecular weight is 384 g/mol. The number of nitrogens with zero attached hydrogens (tertiary/aromatic N) is 3. The summed E-state index contributed by atoms with van der Waals surface area (Å²) in [5.74, 6) is 0.624. The molecule has 2 rings (SSSR count). The van der Waals surface area contributed by atoms with E-state index in [4.69, 9.17) is 4.74 Å². The van der Waals surface area contributed by atoms with E-state index in [-0.39, 0.29) is 12.0 Å². The van der Waals surface area contributed by atoms with Crippen LogP contribution in [0.25, 0.3) is 0 Å². The zero-order valence-electron chi connectivity index (χ0n) is 16.0. The number of amides is 1. The highest BCUT2D eigenvalue weighted by molar-refractivity contribution is 7.86. The van der Waals surface area contributed by atoms with Gasteiger partial charge in [-0.05, 0) is 37.5 Å². The Morgan fingerprint density at radius 2 is 1.88 bits per heavy atom. The molecule has 0 bridgehead atoms. The van der Waals surface area contributed by atoms with Gasteiger partial charge in [0, 0.05) is 46.3 Å². The van der Waals surface area contributed by atoms with Crippen LogP contribution in [0.1, 0.15) is 36.5 Å². The number of rotatable bonds is 7. The molecule has 1 heterocycles. The Morgan fingerprint density at radius 3 is 2.46 bits per heavy atom. The molecule has 1 fully saturated rings. The first-order chi connectivity index (χ1) is 12.3. The molecule has 1 aliphatic rings. The lowest BCUT2D eigenvalue weighted by Crippen LogP contribution is -2.46. The largest absolute Gasteiger partial charge is 0.490 e. The summed E-state index contributed by atoms with van der Waals surface area (Å²) in [5, 5.41) is 0. The van der Waals surface area contributed by atoms with Crippen LogP contribution in [-0.4, -0.2) is 74.7 Å². The van der Waals surface area contributed by atoms with Crippen molar-refractivity contribution in [3.8, 4) is 5.75 Å². The molecule has 0 spiro atoms. The summed E-state index contributed by atoms with van der Waals surface area (Å²) in [6.07, 6.45) is 2.11. The van der Waals surface area contributed by atoms with Crippen LogP contribution in [-0.2, 0) is 10.2 Å². The minimum Gasteiger partial charge on any atom is -0.490 e. The summed E-state index contributed by atoms with van der Waals surface area (Å²) in [7, 11) is 1.50. The Kier molecular flexibility index (Phi) is 7.02. The first kappa shape index (κ1) is 20.7. The van der Waals surface area contributed by atoms with Gasteiger partial charge in [0.2, 0.25) is 0 Å². The van der Waals surface area contributed by atoms with Gasteiger partial charge in [0.05, 0.1) is 0 Å². The normalized spacial score (nSPS) is 16.7. The van der Waals surface area contributed by atoms with Crippen LogP contribution >= 0.6 is 0 Å². The Balaban J connectivity index is 1.96. The molecule has 0 aliphatic carbocycles. The third-order valence-electron chi connectivity index (χ3n) is 4.48. The summed E-state index contributed by atoms with van der Waals surface area (Å²) in [5.41, 5.74) is 0.603. The molecule has 0 atom stereocenters. The Bertz CT molecular complexity index is 713. The Morgan fingerprint density at radius 1 is 1.23 bits per heavy atom. The summed E-state index contributed by atoms with van der Waals surface area (Å²) in [6, 6.07) is 7.19. The van der Waals surface area contributed by atoms with E-state index in [1.807, 2.05) is 19.1 Å². The second-order valence-electron chi connectivity index (χ2n) is 6.76.